The monoisotopic (exact) mass is 337 g/mol. The second-order valence-corrected chi connectivity index (χ2v) is 6.45. The molecule has 0 radical (unpaired) electrons. The van der Waals surface area contributed by atoms with E-state index in [1.165, 1.54) is 35.2 Å². The molecule has 0 aromatic heterocycles. The zero-order valence-corrected chi connectivity index (χ0v) is 15.3. The minimum Gasteiger partial charge on any atom is -0.491 e. The van der Waals surface area contributed by atoms with Gasteiger partial charge in [-0.05, 0) is 67.5 Å². The summed E-state index contributed by atoms with van der Waals surface area (Å²) in [6.45, 7) is 3.34. The Morgan fingerprint density at radius 2 is 1.76 bits per heavy atom. The third-order valence-corrected chi connectivity index (χ3v) is 4.67. The maximum absolute atomic E-state index is 5.80. The molecule has 132 valence electrons. The fourth-order valence-corrected chi connectivity index (χ4v) is 3.20. The van der Waals surface area contributed by atoms with Crippen molar-refractivity contribution < 1.29 is 9.47 Å². The zero-order valence-electron chi connectivity index (χ0n) is 15.3. The van der Waals surface area contributed by atoms with E-state index in [9.17, 15) is 0 Å². The van der Waals surface area contributed by atoms with Crippen molar-refractivity contribution in [3.8, 4) is 5.75 Å². The predicted molar refractivity (Wildman–Crippen MR) is 103 cm³/mol. The lowest BCUT2D eigenvalue weighted by Crippen LogP contribution is -2.07. The van der Waals surface area contributed by atoms with Crippen molar-refractivity contribution in [1.82, 2.24) is 0 Å². The number of nitrogens with zero attached hydrogens (tertiary/aromatic N) is 1. The molecular weight excluding hydrogens is 310 g/mol. The first-order valence-corrected chi connectivity index (χ1v) is 9.21. The minimum atomic E-state index is 0.570. The molecule has 3 nitrogen and oxygen atoms in total. The van der Waals surface area contributed by atoms with Crippen LogP contribution >= 0.6 is 0 Å². The van der Waals surface area contributed by atoms with Crippen LogP contribution in [0.3, 0.4) is 0 Å². The number of hydrogen-bond acceptors (Lipinski definition) is 3. The van der Waals surface area contributed by atoms with Gasteiger partial charge in [0.15, 0.2) is 0 Å². The molecular formula is C22H27NO2. The van der Waals surface area contributed by atoms with E-state index in [0.717, 1.165) is 30.7 Å². The topological polar surface area (TPSA) is 30.8 Å². The predicted octanol–water partition coefficient (Wildman–Crippen LogP) is 5.12. The van der Waals surface area contributed by atoms with Crippen molar-refractivity contribution in [2.45, 2.75) is 39.0 Å². The highest BCUT2D eigenvalue weighted by Gasteiger charge is 2.15. The molecule has 2 aromatic carbocycles. The molecule has 0 heterocycles. The summed E-state index contributed by atoms with van der Waals surface area (Å²) < 4.78 is 10.9. The number of aliphatic imine (C=N–C) groups is 1. The van der Waals surface area contributed by atoms with Gasteiger partial charge in [0.25, 0.3) is 0 Å². The van der Waals surface area contributed by atoms with Crippen LogP contribution in [0.1, 0.15) is 42.9 Å². The van der Waals surface area contributed by atoms with Gasteiger partial charge in [-0.25, -0.2) is 0 Å². The maximum atomic E-state index is 5.80. The SMILES string of the molecule is CCc1ccc(N=C2CCCCc3ccc(OCCOC)cc32)cc1. The Kier molecular flexibility index (Phi) is 6.24. The molecule has 0 saturated carbocycles. The van der Waals surface area contributed by atoms with Crippen LogP contribution in [0.4, 0.5) is 5.69 Å². The van der Waals surface area contributed by atoms with Crippen molar-refractivity contribution in [3.05, 3.63) is 59.2 Å². The Morgan fingerprint density at radius 3 is 2.52 bits per heavy atom. The Hall–Kier alpha value is -2.13. The van der Waals surface area contributed by atoms with Crippen LogP contribution in [-0.2, 0) is 17.6 Å². The van der Waals surface area contributed by atoms with Gasteiger partial charge in [0.1, 0.15) is 12.4 Å². The summed E-state index contributed by atoms with van der Waals surface area (Å²) in [5.74, 6) is 0.895. The first kappa shape index (κ1) is 17.7. The lowest BCUT2D eigenvalue weighted by atomic mass is 10.0. The third-order valence-electron chi connectivity index (χ3n) is 4.67. The molecule has 0 fully saturated rings. The van der Waals surface area contributed by atoms with Crippen molar-refractivity contribution in [2.24, 2.45) is 4.99 Å². The van der Waals surface area contributed by atoms with Gasteiger partial charge in [0, 0.05) is 18.4 Å². The molecule has 0 aliphatic heterocycles. The lowest BCUT2D eigenvalue weighted by molar-refractivity contribution is 0.146. The molecule has 0 spiro atoms. The highest BCUT2D eigenvalue weighted by Crippen LogP contribution is 2.27. The van der Waals surface area contributed by atoms with Gasteiger partial charge in [-0.15, -0.1) is 0 Å². The summed E-state index contributed by atoms with van der Waals surface area (Å²) >= 11 is 0. The molecule has 0 unspecified atom stereocenters. The fourth-order valence-electron chi connectivity index (χ4n) is 3.20. The molecule has 3 heteroatoms. The summed E-state index contributed by atoms with van der Waals surface area (Å²) in [6.07, 6.45) is 5.58. The largest absolute Gasteiger partial charge is 0.491 e. The fraction of sp³-hybridized carbons (Fsp3) is 0.409. The highest BCUT2D eigenvalue weighted by molar-refractivity contribution is 6.03. The van der Waals surface area contributed by atoms with Crippen molar-refractivity contribution in [2.75, 3.05) is 20.3 Å². The van der Waals surface area contributed by atoms with Crippen LogP contribution in [0.15, 0.2) is 47.5 Å². The number of benzene rings is 2. The van der Waals surface area contributed by atoms with E-state index in [1.807, 2.05) is 0 Å². The molecule has 0 amide bonds. The molecule has 0 bridgehead atoms. The van der Waals surface area contributed by atoms with E-state index in [0.29, 0.717) is 13.2 Å². The number of methoxy groups -OCH3 is 1. The Bertz CT molecular complexity index is 719. The number of aryl methyl sites for hydroxylation is 2. The van der Waals surface area contributed by atoms with E-state index in [2.05, 4.69) is 49.4 Å². The number of fused-ring (bicyclic) bond motifs is 1. The Labute approximate surface area is 150 Å². The molecule has 0 N–H and O–H groups in total. The van der Waals surface area contributed by atoms with Crippen LogP contribution in [0.5, 0.6) is 5.75 Å². The Morgan fingerprint density at radius 1 is 0.960 bits per heavy atom. The van der Waals surface area contributed by atoms with E-state index < -0.39 is 0 Å². The van der Waals surface area contributed by atoms with E-state index in [-0.39, 0.29) is 0 Å². The van der Waals surface area contributed by atoms with Crippen LogP contribution in [-0.4, -0.2) is 26.0 Å². The van der Waals surface area contributed by atoms with Gasteiger partial charge in [0.2, 0.25) is 0 Å². The summed E-state index contributed by atoms with van der Waals surface area (Å²) in [5, 5.41) is 0. The molecule has 2 aromatic rings. The summed E-state index contributed by atoms with van der Waals surface area (Å²) in [6, 6.07) is 15.0. The number of hydrogen-bond donors (Lipinski definition) is 0. The average molecular weight is 337 g/mol. The zero-order chi connectivity index (χ0) is 17.5. The standard InChI is InChI=1S/C22H27NO2/c1-3-17-8-11-19(12-9-17)23-22-7-5-4-6-18-10-13-20(16-21(18)22)25-15-14-24-2/h8-13,16H,3-7,14-15H2,1-2H3. The minimum absolute atomic E-state index is 0.570. The molecule has 25 heavy (non-hydrogen) atoms. The molecule has 0 saturated heterocycles. The molecule has 1 aliphatic rings. The van der Waals surface area contributed by atoms with Gasteiger partial charge >= 0.3 is 0 Å². The third kappa shape index (κ3) is 4.70. The van der Waals surface area contributed by atoms with E-state index in [4.69, 9.17) is 14.5 Å². The van der Waals surface area contributed by atoms with Crippen LogP contribution in [0.2, 0.25) is 0 Å². The molecule has 3 rings (SSSR count). The quantitative estimate of drug-likeness (QED) is 0.541. The number of ether oxygens (including phenoxy) is 2. The van der Waals surface area contributed by atoms with Crippen molar-refractivity contribution in [1.29, 1.82) is 0 Å². The lowest BCUT2D eigenvalue weighted by Gasteiger charge is -2.12. The van der Waals surface area contributed by atoms with Gasteiger partial charge < -0.3 is 9.47 Å². The highest BCUT2D eigenvalue weighted by atomic mass is 16.5. The molecule has 1 aliphatic carbocycles. The summed E-state index contributed by atoms with van der Waals surface area (Å²) in [7, 11) is 1.69. The van der Waals surface area contributed by atoms with Crippen LogP contribution in [0, 0.1) is 0 Å². The maximum Gasteiger partial charge on any atom is 0.120 e. The van der Waals surface area contributed by atoms with Gasteiger partial charge in [-0.2, -0.15) is 0 Å². The first-order valence-electron chi connectivity index (χ1n) is 9.21. The normalized spacial score (nSPS) is 15.7. The van der Waals surface area contributed by atoms with Crippen LogP contribution in [0.25, 0.3) is 0 Å². The van der Waals surface area contributed by atoms with Gasteiger partial charge in [-0.1, -0.05) is 25.1 Å². The van der Waals surface area contributed by atoms with Crippen molar-refractivity contribution in [3.63, 3.8) is 0 Å². The van der Waals surface area contributed by atoms with Gasteiger partial charge in [-0.3, -0.25) is 4.99 Å². The Balaban J connectivity index is 1.89. The second kappa shape index (κ2) is 8.82. The van der Waals surface area contributed by atoms with Crippen LogP contribution < -0.4 is 4.74 Å². The average Bonchev–Trinajstić information content (AvgIpc) is 2.85. The summed E-state index contributed by atoms with van der Waals surface area (Å²) in [4.78, 5) is 4.97. The van der Waals surface area contributed by atoms with Crippen molar-refractivity contribution >= 4 is 11.4 Å². The number of rotatable bonds is 6. The van der Waals surface area contributed by atoms with Gasteiger partial charge in [0.05, 0.1) is 12.3 Å². The summed E-state index contributed by atoms with van der Waals surface area (Å²) in [5.41, 5.74) is 6.17. The second-order valence-electron chi connectivity index (χ2n) is 6.45. The van der Waals surface area contributed by atoms with E-state index >= 15 is 0 Å². The smallest absolute Gasteiger partial charge is 0.120 e. The molecule has 0 atom stereocenters. The van der Waals surface area contributed by atoms with E-state index in [1.54, 1.807) is 7.11 Å². The first-order chi connectivity index (χ1) is 12.3.